The maximum atomic E-state index is 5.97. The molecule has 0 saturated heterocycles. The molecule has 2 atom stereocenters. The van der Waals surface area contributed by atoms with Gasteiger partial charge in [0.05, 0.1) is 0 Å². The van der Waals surface area contributed by atoms with E-state index < -0.39 is 0 Å². The SMILES string of the molecule is C[C@H]1CC2CC(C1)C[C@H](N)C2. The van der Waals surface area contributed by atoms with Gasteiger partial charge in [0.2, 0.25) is 0 Å². The number of hydrogen-bond acceptors (Lipinski definition) is 1. The van der Waals surface area contributed by atoms with E-state index in [1.807, 2.05) is 0 Å². The summed E-state index contributed by atoms with van der Waals surface area (Å²) < 4.78 is 0. The molecule has 2 unspecified atom stereocenters. The summed E-state index contributed by atoms with van der Waals surface area (Å²) in [5, 5.41) is 0. The second kappa shape index (κ2) is 2.78. The molecular weight excluding hydrogens is 134 g/mol. The van der Waals surface area contributed by atoms with Crippen molar-refractivity contribution in [2.45, 2.75) is 45.1 Å². The fourth-order valence-electron chi connectivity index (χ4n) is 3.24. The minimum atomic E-state index is 0.534. The average molecular weight is 153 g/mol. The van der Waals surface area contributed by atoms with Crippen molar-refractivity contribution in [3.8, 4) is 0 Å². The molecule has 2 aliphatic carbocycles. The van der Waals surface area contributed by atoms with Gasteiger partial charge in [0, 0.05) is 6.04 Å². The first-order valence-corrected chi connectivity index (χ1v) is 4.99. The minimum Gasteiger partial charge on any atom is -0.328 e. The Bertz CT molecular complexity index is 110. The largest absolute Gasteiger partial charge is 0.328 e. The summed E-state index contributed by atoms with van der Waals surface area (Å²) >= 11 is 0. The summed E-state index contributed by atoms with van der Waals surface area (Å²) in [6, 6.07) is 0.534. The van der Waals surface area contributed by atoms with Gasteiger partial charge in [0.1, 0.15) is 0 Å². The first-order valence-electron chi connectivity index (χ1n) is 4.99. The summed E-state index contributed by atoms with van der Waals surface area (Å²) in [7, 11) is 0. The monoisotopic (exact) mass is 153 g/mol. The molecule has 2 N–H and O–H groups in total. The Hall–Kier alpha value is -0.0400. The van der Waals surface area contributed by atoms with E-state index in [1.54, 1.807) is 0 Å². The average Bonchev–Trinajstić information content (AvgIpc) is 1.82. The number of nitrogens with two attached hydrogens (primary N) is 1. The number of fused-ring (bicyclic) bond motifs is 2. The number of hydrogen-bond donors (Lipinski definition) is 1. The third-order valence-corrected chi connectivity index (χ3v) is 3.41. The lowest BCUT2D eigenvalue weighted by Crippen LogP contribution is -2.37. The van der Waals surface area contributed by atoms with E-state index in [-0.39, 0.29) is 0 Å². The highest BCUT2D eigenvalue weighted by atomic mass is 14.7. The van der Waals surface area contributed by atoms with E-state index in [0.717, 1.165) is 17.8 Å². The summed E-state index contributed by atoms with van der Waals surface area (Å²) in [4.78, 5) is 0. The molecule has 64 valence electrons. The van der Waals surface area contributed by atoms with Gasteiger partial charge in [-0.25, -0.2) is 0 Å². The highest BCUT2D eigenvalue weighted by Crippen LogP contribution is 2.41. The molecule has 0 amide bonds. The van der Waals surface area contributed by atoms with Crippen molar-refractivity contribution in [3.05, 3.63) is 0 Å². The molecule has 1 heteroatoms. The van der Waals surface area contributed by atoms with E-state index in [1.165, 1.54) is 32.1 Å². The Kier molecular flexibility index (Phi) is 1.92. The fraction of sp³-hybridized carbons (Fsp3) is 1.00. The second-order valence-corrected chi connectivity index (χ2v) is 4.78. The standard InChI is InChI=1S/C10H19N/c1-7-2-8-4-9(3-7)6-10(11)5-8/h7-10H,2-6,11H2,1H3/t7-,8?,9?,10+. The Morgan fingerprint density at radius 3 is 2.00 bits per heavy atom. The van der Waals surface area contributed by atoms with Gasteiger partial charge in [-0.2, -0.15) is 0 Å². The topological polar surface area (TPSA) is 26.0 Å². The first kappa shape index (κ1) is 7.60. The lowest BCUT2D eigenvalue weighted by atomic mass is 9.67. The normalized spacial score (nSPS) is 50.7. The summed E-state index contributed by atoms with van der Waals surface area (Å²) in [5.74, 6) is 2.94. The minimum absolute atomic E-state index is 0.534. The predicted octanol–water partition coefficient (Wildman–Crippen LogP) is 2.16. The van der Waals surface area contributed by atoms with E-state index in [9.17, 15) is 0 Å². The number of rotatable bonds is 0. The summed E-state index contributed by atoms with van der Waals surface area (Å²) in [6.07, 6.45) is 6.99. The van der Waals surface area contributed by atoms with E-state index in [0.29, 0.717) is 6.04 Å². The fourth-order valence-corrected chi connectivity index (χ4v) is 3.24. The van der Waals surface area contributed by atoms with Crippen molar-refractivity contribution < 1.29 is 0 Å². The van der Waals surface area contributed by atoms with Crippen molar-refractivity contribution in [3.63, 3.8) is 0 Å². The van der Waals surface area contributed by atoms with Gasteiger partial charge in [-0.1, -0.05) is 6.92 Å². The van der Waals surface area contributed by atoms with E-state index in [4.69, 9.17) is 5.73 Å². The first-order chi connectivity index (χ1) is 5.24. The molecule has 0 radical (unpaired) electrons. The van der Waals surface area contributed by atoms with Gasteiger partial charge in [-0.15, -0.1) is 0 Å². The van der Waals surface area contributed by atoms with Crippen LogP contribution < -0.4 is 5.73 Å². The molecule has 11 heavy (non-hydrogen) atoms. The lowest BCUT2D eigenvalue weighted by molar-refractivity contribution is 0.131. The van der Waals surface area contributed by atoms with Crippen LogP contribution in [0.4, 0.5) is 0 Å². The third kappa shape index (κ3) is 1.58. The van der Waals surface area contributed by atoms with Gasteiger partial charge < -0.3 is 5.73 Å². The quantitative estimate of drug-likeness (QED) is 0.567. The van der Waals surface area contributed by atoms with Crippen LogP contribution in [0.2, 0.25) is 0 Å². The molecule has 0 spiro atoms. The van der Waals surface area contributed by atoms with Crippen LogP contribution >= 0.6 is 0 Å². The van der Waals surface area contributed by atoms with Crippen molar-refractivity contribution in [2.75, 3.05) is 0 Å². The molecule has 2 fully saturated rings. The maximum Gasteiger partial charge on any atom is 0.00441 e. The van der Waals surface area contributed by atoms with Crippen LogP contribution in [-0.2, 0) is 0 Å². The van der Waals surface area contributed by atoms with Gasteiger partial charge in [-0.3, -0.25) is 0 Å². The van der Waals surface area contributed by atoms with E-state index >= 15 is 0 Å². The zero-order valence-electron chi connectivity index (χ0n) is 7.42. The molecule has 0 aromatic carbocycles. The van der Waals surface area contributed by atoms with Crippen molar-refractivity contribution >= 4 is 0 Å². The van der Waals surface area contributed by atoms with Crippen LogP contribution in [-0.4, -0.2) is 6.04 Å². The third-order valence-electron chi connectivity index (χ3n) is 3.41. The zero-order chi connectivity index (χ0) is 7.84. The molecule has 2 saturated carbocycles. The van der Waals surface area contributed by atoms with Gasteiger partial charge in [0.15, 0.2) is 0 Å². The highest BCUT2D eigenvalue weighted by molar-refractivity contribution is 4.86. The van der Waals surface area contributed by atoms with Crippen molar-refractivity contribution in [1.29, 1.82) is 0 Å². The van der Waals surface area contributed by atoms with Crippen LogP contribution in [0.25, 0.3) is 0 Å². The van der Waals surface area contributed by atoms with E-state index in [2.05, 4.69) is 6.92 Å². The molecule has 1 nitrogen and oxygen atoms in total. The smallest absolute Gasteiger partial charge is 0.00441 e. The van der Waals surface area contributed by atoms with Crippen molar-refractivity contribution in [2.24, 2.45) is 23.5 Å². The molecule has 0 aromatic rings. The molecule has 0 aromatic heterocycles. The van der Waals surface area contributed by atoms with Crippen LogP contribution in [0.1, 0.15) is 39.0 Å². The Morgan fingerprint density at radius 1 is 0.909 bits per heavy atom. The molecule has 2 bridgehead atoms. The second-order valence-electron chi connectivity index (χ2n) is 4.78. The molecule has 0 aliphatic heterocycles. The predicted molar refractivity (Wildman–Crippen MR) is 47.2 cm³/mol. The summed E-state index contributed by atoms with van der Waals surface area (Å²) in [6.45, 7) is 2.40. The van der Waals surface area contributed by atoms with Crippen LogP contribution in [0.15, 0.2) is 0 Å². The van der Waals surface area contributed by atoms with Gasteiger partial charge in [0.25, 0.3) is 0 Å². The maximum absolute atomic E-state index is 5.97. The Morgan fingerprint density at radius 2 is 1.45 bits per heavy atom. The van der Waals surface area contributed by atoms with Gasteiger partial charge >= 0.3 is 0 Å². The Labute approximate surface area is 69.4 Å². The molecular formula is C10H19N. The zero-order valence-corrected chi connectivity index (χ0v) is 7.42. The molecule has 0 heterocycles. The van der Waals surface area contributed by atoms with Crippen LogP contribution in [0.5, 0.6) is 0 Å². The van der Waals surface area contributed by atoms with Crippen molar-refractivity contribution in [1.82, 2.24) is 0 Å². The summed E-state index contributed by atoms with van der Waals surface area (Å²) in [5.41, 5.74) is 5.97. The van der Waals surface area contributed by atoms with Gasteiger partial charge in [-0.05, 0) is 49.9 Å². The van der Waals surface area contributed by atoms with Crippen LogP contribution in [0.3, 0.4) is 0 Å². The molecule has 2 rings (SSSR count). The lowest BCUT2D eigenvalue weighted by Gasteiger charge is -2.40. The Balaban J connectivity index is 2.00. The van der Waals surface area contributed by atoms with Crippen LogP contribution in [0, 0.1) is 17.8 Å². The highest BCUT2D eigenvalue weighted by Gasteiger charge is 2.32. The molecule has 2 aliphatic rings.